The molecule has 5 nitrogen and oxygen atoms in total. The number of aliphatic hydroxyl groups excluding tert-OH is 1. The molecule has 14 heavy (non-hydrogen) atoms. The van der Waals surface area contributed by atoms with Crippen molar-refractivity contribution in [2.75, 3.05) is 12.4 Å². The van der Waals surface area contributed by atoms with Crippen molar-refractivity contribution < 1.29 is 14.2 Å². The van der Waals surface area contributed by atoms with E-state index in [0.29, 0.717) is 5.75 Å². The van der Waals surface area contributed by atoms with Gasteiger partial charge < -0.3 is 20.9 Å². The van der Waals surface area contributed by atoms with E-state index >= 15 is 0 Å². The van der Waals surface area contributed by atoms with Crippen LogP contribution < -0.4 is 11.1 Å². The number of aliphatic hydroxyl groups is 1. The number of ether oxygens (including phenoxy) is 1. The van der Waals surface area contributed by atoms with Crippen LogP contribution in [0.25, 0.3) is 0 Å². The van der Waals surface area contributed by atoms with E-state index in [9.17, 15) is 4.39 Å². The summed E-state index contributed by atoms with van der Waals surface area (Å²) in [6, 6.07) is 0. The highest BCUT2D eigenvalue weighted by atomic mass is 32.2. The lowest BCUT2D eigenvalue weighted by Gasteiger charge is -2.10. The number of amidine groups is 1. The molecule has 7 heteroatoms. The third kappa shape index (κ3) is 3.17. The molecular weight excluding hydrogens is 209 g/mol. The largest absolute Gasteiger partial charge is 0.393 e. The summed E-state index contributed by atoms with van der Waals surface area (Å²) < 4.78 is 17.9. The van der Waals surface area contributed by atoms with Crippen LogP contribution in [0.15, 0.2) is 12.0 Å². The SMILES string of the molecule is N=C(N)/C(F)=C\N[C@@H]1CS[C@H](CO)O1. The zero-order valence-corrected chi connectivity index (χ0v) is 8.18. The van der Waals surface area contributed by atoms with E-state index < -0.39 is 11.7 Å². The molecule has 0 aromatic carbocycles. The Bertz CT molecular complexity index is 249. The van der Waals surface area contributed by atoms with Crippen molar-refractivity contribution in [3.8, 4) is 0 Å². The zero-order valence-electron chi connectivity index (χ0n) is 7.37. The van der Waals surface area contributed by atoms with Crippen LogP contribution in [0.1, 0.15) is 0 Å². The lowest BCUT2D eigenvalue weighted by Crippen LogP contribution is -2.28. The van der Waals surface area contributed by atoms with Crippen LogP contribution in [0, 0.1) is 5.41 Å². The summed E-state index contributed by atoms with van der Waals surface area (Å²) in [6.45, 7) is -0.0677. The third-order valence-electron chi connectivity index (χ3n) is 1.55. The maximum absolute atomic E-state index is 12.7. The molecule has 1 aliphatic rings. The normalized spacial score (nSPS) is 27.7. The summed E-state index contributed by atoms with van der Waals surface area (Å²) in [5.74, 6) is -0.833. The Balaban J connectivity index is 2.33. The van der Waals surface area contributed by atoms with Gasteiger partial charge in [0.1, 0.15) is 11.7 Å². The molecule has 1 fully saturated rings. The highest BCUT2D eigenvalue weighted by molar-refractivity contribution is 8.00. The standard InChI is InChI=1S/C7H12FN3O2S/c8-4(7(9)10)1-11-5-3-14-6(2-12)13-5/h1,5-6,11-12H,2-3H2,(H3,9,10)/b4-1+/t5-,6+/m0/s1. The quantitative estimate of drug-likeness (QED) is 0.387. The van der Waals surface area contributed by atoms with Crippen molar-refractivity contribution in [1.82, 2.24) is 5.32 Å². The van der Waals surface area contributed by atoms with Gasteiger partial charge in [0.05, 0.1) is 6.61 Å². The Morgan fingerprint density at radius 1 is 1.86 bits per heavy atom. The lowest BCUT2D eigenvalue weighted by molar-refractivity contribution is 0.0247. The fourth-order valence-electron chi connectivity index (χ4n) is 0.883. The molecule has 0 bridgehead atoms. The van der Waals surface area contributed by atoms with Gasteiger partial charge in [0, 0.05) is 12.0 Å². The van der Waals surface area contributed by atoms with Crippen molar-refractivity contribution in [2.45, 2.75) is 11.7 Å². The van der Waals surface area contributed by atoms with E-state index in [1.165, 1.54) is 11.8 Å². The minimum Gasteiger partial charge on any atom is -0.393 e. The second-order valence-corrected chi connectivity index (χ2v) is 3.84. The first-order valence-electron chi connectivity index (χ1n) is 3.97. The van der Waals surface area contributed by atoms with Crippen LogP contribution in [0.5, 0.6) is 0 Å². The minimum absolute atomic E-state index is 0.0677. The molecule has 0 saturated carbocycles. The molecule has 1 saturated heterocycles. The molecule has 0 aliphatic carbocycles. The zero-order chi connectivity index (χ0) is 10.6. The van der Waals surface area contributed by atoms with Crippen molar-refractivity contribution in [2.24, 2.45) is 5.73 Å². The molecule has 0 unspecified atom stereocenters. The molecule has 0 aromatic rings. The Kier molecular flexibility index (Phi) is 4.18. The van der Waals surface area contributed by atoms with Gasteiger partial charge >= 0.3 is 0 Å². The van der Waals surface area contributed by atoms with Crippen LogP contribution in [0.3, 0.4) is 0 Å². The fourth-order valence-corrected chi connectivity index (χ4v) is 1.77. The predicted molar refractivity (Wildman–Crippen MR) is 52.4 cm³/mol. The van der Waals surface area contributed by atoms with Gasteiger partial charge in [-0.25, -0.2) is 4.39 Å². The maximum Gasteiger partial charge on any atom is 0.180 e. The fraction of sp³-hybridized carbons (Fsp3) is 0.571. The smallest absolute Gasteiger partial charge is 0.180 e. The highest BCUT2D eigenvalue weighted by Crippen LogP contribution is 2.23. The first-order chi connectivity index (χ1) is 6.63. The summed E-state index contributed by atoms with van der Waals surface area (Å²) in [6.07, 6.45) is 0.648. The molecule has 1 heterocycles. The molecule has 80 valence electrons. The van der Waals surface area contributed by atoms with Gasteiger partial charge in [0.2, 0.25) is 0 Å². The Morgan fingerprint density at radius 2 is 2.57 bits per heavy atom. The molecule has 0 amide bonds. The maximum atomic E-state index is 12.7. The topological polar surface area (TPSA) is 91.4 Å². The molecule has 5 N–H and O–H groups in total. The highest BCUT2D eigenvalue weighted by Gasteiger charge is 2.24. The molecule has 2 atom stereocenters. The van der Waals surface area contributed by atoms with Gasteiger partial charge in [-0.05, 0) is 0 Å². The average Bonchev–Trinajstić information content (AvgIpc) is 2.61. The molecule has 0 spiro atoms. The summed E-state index contributed by atoms with van der Waals surface area (Å²) in [5, 5.41) is 18.1. The molecular formula is C7H12FN3O2S. The van der Waals surface area contributed by atoms with E-state index in [2.05, 4.69) is 5.32 Å². The summed E-state index contributed by atoms with van der Waals surface area (Å²) >= 11 is 1.44. The van der Waals surface area contributed by atoms with E-state index in [1.54, 1.807) is 0 Å². The number of nitrogens with one attached hydrogen (secondary N) is 2. The first-order valence-corrected chi connectivity index (χ1v) is 5.02. The monoisotopic (exact) mass is 221 g/mol. The van der Waals surface area contributed by atoms with Gasteiger partial charge in [-0.3, -0.25) is 5.41 Å². The number of hydrogen-bond donors (Lipinski definition) is 4. The molecule has 1 rings (SSSR count). The molecule has 0 radical (unpaired) electrons. The summed E-state index contributed by atoms with van der Waals surface area (Å²) in [4.78, 5) is 0. The Hall–Kier alpha value is -0.790. The van der Waals surface area contributed by atoms with Crippen molar-refractivity contribution in [3.05, 3.63) is 12.0 Å². The predicted octanol–water partition coefficient (Wildman–Crippen LogP) is -0.269. The summed E-state index contributed by atoms with van der Waals surface area (Å²) in [7, 11) is 0. The summed E-state index contributed by atoms with van der Waals surface area (Å²) in [5.41, 5.74) is 4.63. The van der Waals surface area contributed by atoms with Gasteiger partial charge in [-0.1, -0.05) is 0 Å². The van der Waals surface area contributed by atoms with Crippen LogP contribution in [0.4, 0.5) is 4.39 Å². The average molecular weight is 221 g/mol. The number of thioether (sulfide) groups is 1. The first kappa shape index (κ1) is 11.3. The van der Waals surface area contributed by atoms with Crippen molar-refractivity contribution >= 4 is 17.6 Å². The van der Waals surface area contributed by atoms with Crippen LogP contribution in [0.2, 0.25) is 0 Å². The molecule has 1 aliphatic heterocycles. The second kappa shape index (κ2) is 5.18. The Labute approximate surface area is 85.0 Å². The van der Waals surface area contributed by atoms with Crippen LogP contribution >= 0.6 is 11.8 Å². The van der Waals surface area contributed by atoms with Crippen molar-refractivity contribution in [1.29, 1.82) is 5.41 Å². The van der Waals surface area contributed by atoms with E-state index in [-0.39, 0.29) is 18.3 Å². The number of rotatable bonds is 4. The molecule has 0 aromatic heterocycles. The Morgan fingerprint density at radius 3 is 3.07 bits per heavy atom. The van der Waals surface area contributed by atoms with Gasteiger partial charge in [-0.15, -0.1) is 11.8 Å². The van der Waals surface area contributed by atoms with Crippen LogP contribution in [-0.2, 0) is 4.74 Å². The number of halogens is 1. The van der Waals surface area contributed by atoms with E-state index in [4.69, 9.17) is 21.0 Å². The minimum atomic E-state index is -0.828. The van der Waals surface area contributed by atoms with Crippen molar-refractivity contribution in [3.63, 3.8) is 0 Å². The number of hydrogen-bond acceptors (Lipinski definition) is 5. The van der Waals surface area contributed by atoms with Gasteiger partial charge in [0.15, 0.2) is 11.7 Å². The lowest BCUT2D eigenvalue weighted by atomic mass is 10.5. The second-order valence-electron chi connectivity index (χ2n) is 2.64. The number of nitrogens with two attached hydrogens (primary N) is 1. The van der Waals surface area contributed by atoms with Gasteiger partial charge in [0.25, 0.3) is 0 Å². The van der Waals surface area contributed by atoms with E-state index in [0.717, 1.165) is 6.20 Å². The van der Waals surface area contributed by atoms with E-state index in [1.807, 2.05) is 0 Å². The van der Waals surface area contributed by atoms with Crippen LogP contribution in [-0.4, -0.2) is 35.0 Å². The third-order valence-corrected chi connectivity index (χ3v) is 2.68. The van der Waals surface area contributed by atoms with Gasteiger partial charge in [-0.2, -0.15) is 0 Å².